The zero-order chi connectivity index (χ0) is 18.1. The molecule has 0 saturated heterocycles. The summed E-state index contributed by atoms with van der Waals surface area (Å²) in [4.78, 5) is 26.8. The van der Waals surface area contributed by atoms with E-state index in [9.17, 15) is 14.0 Å². The van der Waals surface area contributed by atoms with E-state index >= 15 is 0 Å². The summed E-state index contributed by atoms with van der Waals surface area (Å²) in [6.45, 7) is 2.00. The molecule has 0 N–H and O–H groups in total. The normalized spacial score (nSPS) is 13.6. The maximum atomic E-state index is 14.1. The Bertz CT molecular complexity index is 851. The van der Waals surface area contributed by atoms with Crippen LogP contribution < -0.4 is 4.90 Å². The van der Waals surface area contributed by atoms with Gasteiger partial charge in [-0.1, -0.05) is 23.7 Å². The van der Waals surface area contributed by atoms with Gasteiger partial charge in [-0.05, 0) is 59.0 Å². The van der Waals surface area contributed by atoms with Crippen molar-refractivity contribution in [1.82, 2.24) is 0 Å². The molecule has 1 amide bonds. The molecule has 1 saturated carbocycles. The Morgan fingerprint density at radius 2 is 1.92 bits per heavy atom. The van der Waals surface area contributed by atoms with Gasteiger partial charge in [-0.3, -0.25) is 9.59 Å². The Morgan fingerprint density at radius 3 is 2.52 bits per heavy atom. The Hall–Kier alpha value is -1.72. The number of carbonyl (C=O) groups excluding carboxylic acids is 2. The predicted octanol–water partition coefficient (Wildman–Crippen LogP) is 5.24. The summed E-state index contributed by atoms with van der Waals surface area (Å²) in [5.41, 5.74) is 0.596. The smallest absolute Gasteiger partial charge is 0.223 e. The minimum absolute atomic E-state index is 0.0540. The maximum Gasteiger partial charge on any atom is 0.223 e. The molecule has 1 aliphatic carbocycles. The molecule has 0 aliphatic heterocycles. The molecular formula is C19H16BrClFNO2. The van der Waals surface area contributed by atoms with Crippen molar-refractivity contribution in [2.75, 3.05) is 11.4 Å². The summed E-state index contributed by atoms with van der Waals surface area (Å²) >= 11 is 9.50. The van der Waals surface area contributed by atoms with Crippen molar-refractivity contribution in [1.29, 1.82) is 0 Å². The summed E-state index contributed by atoms with van der Waals surface area (Å²) in [5.74, 6) is -0.843. The van der Waals surface area contributed by atoms with Crippen LogP contribution in [-0.4, -0.2) is 18.2 Å². The molecule has 0 heterocycles. The molecule has 130 valence electrons. The fourth-order valence-electron chi connectivity index (χ4n) is 2.72. The van der Waals surface area contributed by atoms with Crippen LogP contribution >= 0.6 is 27.5 Å². The lowest BCUT2D eigenvalue weighted by Crippen LogP contribution is -2.32. The maximum absolute atomic E-state index is 14.1. The molecule has 6 heteroatoms. The summed E-state index contributed by atoms with van der Waals surface area (Å²) in [6, 6.07) is 9.05. The first-order valence-electron chi connectivity index (χ1n) is 7.95. The van der Waals surface area contributed by atoms with Gasteiger partial charge in [-0.2, -0.15) is 0 Å². The largest absolute Gasteiger partial charge is 0.312 e. The second kappa shape index (κ2) is 7.26. The van der Waals surface area contributed by atoms with Gasteiger partial charge in [-0.25, -0.2) is 4.39 Å². The number of anilines is 1. The van der Waals surface area contributed by atoms with Gasteiger partial charge >= 0.3 is 0 Å². The lowest BCUT2D eigenvalue weighted by molar-refractivity contribution is -0.116. The van der Waals surface area contributed by atoms with Crippen molar-refractivity contribution in [2.24, 2.45) is 5.92 Å². The summed E-state index contributed by atoms with van der Waals surface area (Å²) in [6.07, 6.45) is 2.13. The van der Waals surface area contributed by atoms with Gasteiger partial charge in [0.1, 0.15) is 5.82 Å². The Labute approximate surface area is 158 Å². The summed E-state index contributed by atoms with van der Waals surface area (Å²) in [7, 11) is 0. The molecule has 0 bridgehead atoms. The van der Waals surface area contributed by atoms with E-state index in [1.807, 2.05) is 0 Å². The molecule has 0 unspecified atom stereocenters. The third-order valence-corrected chi connectivity index (χ3v) is 5.59. The average Bonchev–Trinajstić information content (AvgIpc) is 3.39. The van der Waals surface area contributed by atoms with Gasteiger partial charge in [0.05, 0.1) is 21.8 Å². The molecule has 2 aromatic rings. The van der Waals surface area contributed by atoms with E-state index in [1.165, 1.54) is 25.1 Å². The number of carbonyl (C=O) groups is 2. The van der Waals surface area contributed by atoms with Gasteiger partial charge in [-0.15, -0.1) is 0 Å². The zero-order valence-corrected chi connectivity index (χ0v) is 15.9. The van der Waals surface area contributed by atoms with Crippen LogP contribution in [0.1, 0.15) is 35.7 Å². The molecule has 0 radical (unpaired) electrons. The number of ketones is 1. The molecule has 0 atom stereocenters. The van der Waals surface area contributed by atoms with Crippen molar-refractivity contribution < 1.29 is 14.0 Å². The third kappa shape index (κ3) is 3.77. The van der Waals surface area contributed by atoms with E-state index in [0.717, 1.165) is 12.8 Å². The highest BCUT2D eigenvalue weighted by Crippen LogP contribution is 2.38. The number of hydrogen-bond donors (Lipinski definition) is 0. The topological polar surface area (TPSA) is 37.4 Å². The van der Waals surface area contributed by atoms with E-state index in [1.54, 1.807) is 23.1 Å². The summed E-state index contributed by atoms with van der Waals surface area (Å²) in [5, 5.41) is 0.332. The number of rotatable bonds is 5. The highest BCUT2D eigenvalue weighted by Gasteiger charge is 2.30. The van der Waals surface area contributed by atoms with Crippen LogP contribution in [0.15, 0.2) is 40.9 Å². The first-order chi connectivity index (χ1) is 11.9. The molecule has 0 spiro atoms. The van der Waals surface area contributed by atoms with Crippen LogP contribution in [-0.2, 0) is 4.79 Å². The van der Waals surface area contributed by atoms with E-state index in [-0.39, 0.29) is 17.0 Å². The van der Waals surface area contributed by atoms with Gasteiger partial charge < -0.3 is 4.90 Å². The number of benzene rings is 2. The highest BCUT2D eigenvalue weighted by atomic mass is 79.9. The number of nitrogens with zero attached hydrogens (tertiary/aromatic N) is 1. The van der Waals surface area contributed by atoms with Crippen LogP contribution in [0.3, 0.4) is 0 Å². The van der Waals surface area contributed by atoms with Crippen molar-refractivity contribution >= 4 is 44.9 Å². The Balaban J connectivity index is 2.14. The lowest BCUT2D eigenvalue weighted by Gasteiger charge is -2.24. The molecule has 1 aliphatic rings. The van der Waals surface area contributed by atoms with Crippen LogP contribution in [0.25, 0.3) is 0 Å². The SMILES string of the molecule is CC(=O)N(CC1CC1)c1ccc(Cl)c(Br)c1C(=O)c1ccccc1F. The van der Waals surface area contributed by atoms with Crippen LogP contribution in [0.5, 0.6) is 0 Å². The van der Waals surface area contributed by atoms with Crippen molar-refractivity contribution in [3.05, 3.63) is 62.8 Å². The van der Waals surface area contributed by atoms with E-state index in [0.29, 0.717) is 27.6 Å². The molecular weight excluding hydrogens is 409 g/mol. The van der Waals surface area contributed by atoms with Crippen molar-refractivity contribution in [3.8, 4) is 0 Å². The van der Waals surface area contributed by atoms with Gasteiger partial charge in [0.25, 0.3) is 0 Å². The van der Waals surface area contributed by atoms with E-state index in [2.05, 4.69) is 15.9 Å². The van der Waals surface area contributed by atoms with Gasteiger partial charge in [0, 0.05) is 17.9 Å². The first-order valence-corrected chi connectivity index (χ1v) is 9.12. The quantitative estimate of drug-likeness (QED) is 0.616. The van der Waals surface area contributed by atoms with Gasteiger partial charge in [0.15, 0.2) is 5.78 Å². The first kappa shape index (κ1) is 18.1. The zero-order valence-electron chi connectivity index (χ0n) is 13.6. The standard InChI is InChI=1S/C19H16BrClFNO2/c1-11(24)23(10-12-6-7-12)16-9-8-14(21)18(20)17(16)19(25)13-4-2-3-5-15(13)22/h2-5,8-9,12H,6-7,10H2,1H3. The minimum Gasteiger partial charge on any atom is -0.312 e. The Kier molecular flexibility index (Phi) is 5.25. The molecule has 25 heavy (non-hydrogen) atoms. The molecule has 2 aromatic carbocycles. The average molecular weight is 425 g/mol. The predicted molar refractivity (Wildman–Crippen MR) is 99.7 cm³/mol. The minimum atomic E-state index is -0.609. The summed E-state index contributed by atoms with van der Waals surface area (Å²) < 4.78 is 14.5. The second-order valence-electron chi connectivity index (χ2n) is 6.14. The monoisotopic (exact) mass is 423 g/mol. The highest BCUT2D eigenvalue weighted by molar-refractivity contribution is 9.10. The van der Waals surface area contributed by atoms with Gasteiger partial charge in [0.2, 0.25) is 5.91 Å². The number of halogens is 3. The molecule has 1 fully saturated rings. The molecule has 3 rings (SSSR count). The fraction of sp³-hybridized carbons (Fsp3) is 0.263. The van der Waals surface area contributed by atoms with Crippen molar-refractivity contribution in [2.45, 2.75) is 19.8 Å². The third-order valence-electron chi connectivity index (χ3n) is 4.23. The molecule has 3 nitrogen and oxygen atoms in total. The number of hydrogen-bond acceptors (Lipinski definition) is 2. The lowest BCUT2D eigenvalue weighted by atomic mass is 10.00. The Morgan fingerprint density at radius 1 is 1.24 bits per heavy atom. The van der Waals surface area contributed by atoms with Crippen LogP contribution in [0.2, 0.25) is 5.02 Å². The molecule has 0 aromatic heterocycles. The number of amides is 1. The second-order valence-corrected chi connectivity index (χ2v) is 7.34. The van der Waals surface area contributed by atoms with E-state index < -0.39 is 11.6 Å². The van der Waals surface area contributed by atoms with Crippen molar-refractivity contribution in [3.63, 3.8) is 0 Å². The van der Waals surface area contributed by atoms with Crippen LogP contribution in [0.4, 0.5) is 10.1 Å². The van der Waals surface area contributed by atoms with E-state index in [4.69, 9.17) is 11.6 Å². The fourth-order valence-corrected chi connectivity index (χ4v) is 3.39. The van der Waals surface area contributed by atoms with Crippen LogP contribution in [0, 0.1) is 11.7 Å².